The molecule has 0 aliphatic heterocycles. The van der Waals surface area contributed by atoms with Crippen LogP contribution in [0, 0.1) is 22.7 Å². The molecule has 0 saturated heterocycles. The number of aromatic nitrogens is 8. The molecule has 10 nitrogen and oxygen atoms in total. The van der Waals surface area contributed by atoms with Gasteiger partial charge in [-0.05, 0) is 136 Å². The smallest absolute Gasteiger partial charge is 0.166 e. The molecule has 0 aliphatic rings. The van der Waals surface area contributed by atoms with E-state index < -0.39 is 0 Å². The van der Waals surface area contributed by atoms with Crippen molar-refractivity contribution in [2.45, 2.75) is 0 Å². The van der Waals surface area contributed by atoms with Crippen molar-refractivity contribution in [2.75, 3.05) is 0 Å². The minimum absolute atomic E-state index is 0.517. The van der Waals surface area contributed by atoms with Crippen molar-refractivity contribution in [3.8, 4) is 136 Å². The number of hydrogen-bond donors (Lipinski definition) is 0. The zero-order valence-electron chi connectivity index (χ0n) is 51.5. The van der Waals surface area contributed by atoms with Crippen LogP contribution in [0.5, 0.6) is 0 Å². The van der Waals surface area contributed by atoms with Crippen LogP contribution in [0.1, 0.15) is 11.1 Å². The molecule has 0 atom stereocenters. The van der Waals surface area contributed by atoms with Crippen LogP contribution < -0.4 is 0 Å². The van der Waals surface area contributed by atoms with Crippen molar-refractivity contribution in [2.24, 2.45) is 0 Å². The van der Waals surface area contributed by atoms with Gasteiger partial charge >= 0.3 is 0 Å². The summed E-state index contributed by atoms with van der Waals surface area (Å²) >= 11 is 0. The summed E-state index contributed by atoms with van der Waals surface area (Å²) in [6.07, 6.45) is 0. The monoisotopic (exact) mass is 1220 g/mol. The Labute approximate surface area is 553 Å². The second kappa shape index (κ2) is 23.9. The summed E-state index contributed by atoms with van der Waals surface area (Å²) in [5.41, 5.74) is 20.0. The van der Waals surface area contributed by atoms with Crippen molar-refractivity contribution in [3.05, 3.63) is 327 Å². The molecule has 17 rings (SSSR count). The summed E-state index contributed by atoms with van der Waals surface area (Å²) in [4.78, 5) is 31.8. The topological polar surface area (TPSA) is 135 Å². The third-order valence-electron chi connectivity index (χ3n) is 17.9. The lowest BCUT2D eigenvalue weighted by Crippen LogP contribution is -2.04. The van der Waals surface area contributed by atoms with Crippen LogP contribution in [0.2, 0.25) is 0 Å². The largest absolute Gasteiger partial charge is 0.309 e. The first-order chi connectivity index (χ1) is 47.5. The fourth-order valence-electron chi connectivity index (χ4n) is 13.3. The van der Waals surface area contributed by atoms with Crippen molar-refractivity contribution in [3.63, 3.8) is 0 Å². The molecule has 0 radical (unpaired) electrons. The van der Waals surface area contributed by atoms with Gasteiger partial charge in [-0.1, -0.05) is 224 Å². The highest BCUT2D eigenvalue weighted by Gasteiger charge is 2.24. The molecule has 446 valence electrons. The minimum atomic E-state index is 0.517. The van der Waals surface area contributed by atoms with Crippen LogP contribution in [0.25, 0.3) is 168 Å². The van der Waals surface area contributed by atoms with Gasteiger partial charge in [0.1, 0.15) is 0 Å². The third kappa shape index (κ3) is 10.3. The first-order valence-corrected chi connectivity index (χ1v) is 31.7. The maximum absolute atomic E-state index is 9.87. The number of benzene rings is 13. The van der Waals surface area contributed by atoms with Gasteiger partial charge in [0.25, 0.3) is 0 Å². The van der Waals surface area contributed by atoms with Gasteiger partial charge in [-0.25, -0.2) is 29.9 Å². The van der Waals surface area contributed by atoms with Gasteiger partial charge in [-0.15, -0.1) is 0 Å². The molecule has 13 aromatic carbocycles. The molecule has 0 spiro atoms. The zero-order valence-corrected chi connectivity index (χ0v) is 51.5. The summed E-state index contributed by atoms with van der Waals surface area (Å²) in [6.45, 7) is 0. The Balaban J connectivity index is 0.869. The van der Waals surface area contributed by atoms with E-state index in [1.807, 2.05) is 158 Å². The van der Waals surface area contributed by atoms with Crippen LogP contribution in [0.15, 0.2) is 315 Å². The summed E-state index contributed by atoms with van der Waals surface area (Å²) in [6, 6.07) is 113. The molecular weight excluding hydrogens is 1170 g/mol. The number of para-hydroxylation sites is 2. The number of fused-ring (bicyclic) bond motifs is 6. The minimum Gasteiger partial charge on any atom is -0.309 e. The molecule has 4 aromatic heterocycles. The SMILES string of the molecule is N#Cc1cccc(-c2ccc3c(c2)c2ccccc2n3-c2ccc(-c3cccc(-c4ccc(-n5c6ccccc6c6cc(-c7cccc(C#N)c7)ccc65)c(-c5nc(-c6ccccc6)nc(-c6ccccc6)n5)c4)c3)cc2-c2nc(-c3ccccc3)nc(-c3ccccc3)n2)c1. The van der Waals surface area contributed by atoms with Crippen molar-refractivity contribution < 1.29 is 0 Å². The zero-order chi connectivity index (χ0) is 64.1. The van der Waals surface area contributed by atoms with Crippen LogP contribution in [0.3, 0.4) is 0 Å². The Morgan fingerprint density at radius 1 is 0.208 bits per heavy atom. The molecule has 0 unspecified atom stereocenters. The van der Waals surface area contributed by atoms with Gasteiger partial charge in [0, 0.05) is 54.9 Å². The summed E-state index contributed by atoms with van der Waals surface area (Å²) < 4.78 is 4.65. The van der Waals surface area contributed by atoms with E-state index in [0.717, 1.165) is 133 Å². The number of rotatable bonds is 12. The first-order valence-electron chi connectivity index (χ1n) is 31.7. The first kappa shape index (κ1) is 56.4. The standard InChI is InChI=1S/C86H52N10/c87-53-55-20-17-30-61(46-55)65-38-42-77-71(49-65)69-34-13-15-36-75(69)95(77)79-44-40-67(51-73(79)85-91-81(57-22-5-1-6-23-57)89-82(92-85)58-24-7-2-8-25-58)63-32-19-33-64(48-63)68-41-45-80(74(52-68)86-93-83(59-26-9-3-10-27-59)90-84(94-86)60-28-11-4-12-29-60)96-76-37-16-14-35-70(76)72-50-66(39-43-78(72)96)62-31-18-21-56(47-62)54-88/h1-52H. The molecule has 0 aliphatic carbocycles. The molecule has 0 fully saturated rings. The Morgan fingerprint density at radius 2 is 0.490 bits per heavy atom. The number of nitrogens with zero attached hydrogens (tertiary/aromatic N) is 10. The van der Waals surface area contributed by atoms with Gasteiger partial charge in [0.05, 0.1) is 56.7 Å². The van der Waals surface area contributed by atoms with E-state index in [0.29, 0.717) is 46.1 Å². The molecule has 0 bridgehead atoms. The van der Waals surface area contributed by atoms with E-state index in [4.69, 9.17) is 29.9 Å². The third-order valence-corrected chi connectivity index (χ3v) is 17.9. The predicted molar refractivity (Wildman–Crippen MR) is 386 cm³/mol. The lowest BCUT2D eigenvalue weighted by molar-refractivity contribution is 1.06. The quantitative estimate of drug-likeness (QED) is 0.118. The van der Waals surface area contributed by atoms with Gasteiger partial charge < -0.3 is 9.13 Å². The average molecular weight is 1230 g/mol. The molecule has 17 aromatic rings. The van der Waals surface area contributed by atoms with E-state index in [9.17, 15) is 10.5 Å². The summed E-state index contributed by atoms with van der Waals surface area (Å²) in [5.74, 6) is 3.26. The molecule has 0 amide bonds. The van der Waals surface area contributed by atoms with Gasteiger partial charge in [-0.3, -0.25) is 0 Å². The molecule has 0 saturated carbocycles. The molecule has 0 N–H and O–H groups in total. The summed E-state index contributed by atoms with van der Waals surface area (Å²) in [7, 11) is 0. The van der Waals surface area contributed by atoms with Crippen LogP contribution >= 0.6 is 0 Å². The summed E-state index contributed by atoms with van der Waals surface area (Å²) in [5, 5.41) is 24.1. The van der Waals surface area contributed by atoms with E-state index in [2.05, 4.69) is 179 Å². The highest BCUT2D eigenvalue weighted by Crippen LogP contribution is 2.43. The Hall–Kier alpha value is -13.5. The van der Waals surface area contributed by atoms with Gasteiger partial charge in [0.15, 0.2) is 34.9 Å². The predicted octanol–water partition coefficient (Wildman–Crippen LogP) is 20.7. The Morgan fingerprint density at radius 3 is 0.865 bits per heavy atom. The van der Waals surface area contributed by atoms with Crippen molar-refractivity contribution in [1.82, 2.24) is 39.0 Å². The lowest BCUT2D eigenvalue weighted by Gasteiger charge is -2.17. The normalized spacial score (nSPS) is 11.3. The van der Waals surface area contributed by atoms with Gasteiger partial charge in [-0.2, -0.15) is 10.5 Å². The average Bonchev–Trinajstić information content (AvgIpc) is 1.65. The van der Waals surface area contributed by atoms with Crippen LogP contribution in [-0.4, -0.2) is 39.0 Å². The fraction of sp³-hybridized carbons (Fsp3) is 0. The molecule has 96 heavy (non-hydrogen) atoms. The molecule has 10 heteroatoms. The van der Waals surface area contributed by atoms with Crippen LogP contribution in [0.4, 0.5) is 0 Å². The fourth-order valence-corrected chi connectivity index (χ4v) is 13.3. The Kier molecular flexibility index (Phi) is 14.1. The maximum Gasteiger partial charge on any atom is 0.166 e. The van der Waals surface area contributed by atoms with E-state index >= 15 is 0 Å². The number of hydrogen-bond acceptors (Lipinski definition) is 8. The lowest BCUT2D eigenvalue weighted by atomic mass is 9.95. The molecule has 4 heterocycles. The van der Waals surface area contributed by atoms with Crippen molar-refractivity contribution >= 4 is 43.6 Å². The van der Waals surface area contributed by atoms with Gasteiger partial charge in [0.2, 0.25) is 0 Å². The number of nitriles is 2. The second-order valence-electron chi connectivity index (χ2n) is 23.7. The van der Waals surface area contributed by atoms with Crippen LogP contribution in [-0.2, 0) is 0 Å². The Bertz CT molecular complexity index is 5500. The molecular formula is C86H52N10. The second-order valence-corrected chi connectivity index (χ2v) is 23.7. The maximum atomic E-state index is 9.87. The van der Waals surface area contributed by atoms with E-state index in [-0.39, 0.29) is 0 Å². The highest BCUT2D eigenvalue weighted by molar-refractivity contribution is 6.12. The highest BCUT2D eigenvalue weighted by atomic mass is 15.1. The van der Waals surface area contributed by atoms with Crippen molar-refractivity contribution in [1.29, 1.82) is 10.5 Å². The van der Waals surface area contributed by atoms with E-state index in [1.54, 1.807) is 0 Å². The van der Waals surface area contributed by atoms with E-state index in [1.165, 1.54) is 0 Å².